The Morgan fingerprint density at radius 3 is 2.43 bits per heavy atom. The number of aliphatic hydroxyl groups is 1. The summed E-state index contributed by atoms with van der Waals surface area (Å²) >= 11 is 0. The predicted molar refractivity (Wildman–Crippen MR) is 104 cm³/mol. The van der Waals surface area contributed by atoms with E-state index in [0.29, 0.717) is 22.7 Å². The number of nitrogens with one attached hydrogen (secondary N) is 2. The Bertz CT molecular complexity index is 966. The van der Waals surface area contributed by atoms with Crippen LogP contribution in [0.4, 0.5) is 11.4 Å². The first-order valence-corrected chi connectivity index (χ1v) is 8.54. The molecule has 0 bridgehead atoms. The minimum Gasteiger partial charge on any atom is -0.495 e. The lowest BCUT2D eigenvalue weighted by atomic mass is 9.95. The average Bonchev–Trinajstić information content (AvgIpc) is 3.24. The number of rotatable bonds is 6. The Balaban J connectivity index is 1.81. The second-order valence-electron chi connectivity index (χ2n) is 6.24. The molecule has 0 saturated heterocycles. The summed E-state index contributed by atoms with van der Waals surface area (Å²) < 4.78 is 10.3. The molecule has 7 heteroatoms. The van der Waals surface area contributed by atoms with Gasteiger partial charge >= 0.3 is 0 Å². The zero-order valence-electron chi connectivity index (χ0n) is 15.4. The highest BCUT2D eigenvalue weighted by Gasteiger charge is 2.32. The van der Waals surface area contributed by atoms with Crippen LogP contribution in [0.5, 0.6) is 5.75 Å². The van der Waals surface area contributed by atoms with Gasteiger partial charge in [0.2, 0.25) is 0 Å². The quantitative estimate of drug-likeness (QED) is 0.609. The summed E-state index contributed by atoms with van der Waals surface area (Å²) in [4.78, 5) is 24.8. The fourth-order valence-corrected chi connectivity index (χ4v) is 2.62. The van der Waals surface area contributed by atoms with E-state index in [1.807, 2.05) is 0 Å². The largest absolute Gasteiger partial charge is 0.495 e. The number of carbonyl (C=O) groups is 2. The van der Waals surface area contributed by atoms with Crippen molar-refractivity contribution in [2.75, 3.05) is 17.7 Å². The van der Waals surface area contributed by atoms with Gasteiger partial charge in [-0.2, -0.15) is 0 Å². The zero-order chi connectivity index (χ0) is 20.1. The highest BCUT2D eigenvalue weighted by Crippen LogP contribution is 2.30. The summed E-state index contributed by atoms with van der Waals surface area (Å²) in [7, 11) is 1.47. The maximum absolute atomic E-state index is 12.6. The molecule has 0 saturated carbocycles. The van der Waals surface area contributed by atoms with Gasteiger partial charge < -0.3 is 24.9 Å². The van der Waals surface area contributed by atoms with E-state index < -0.39 is 17.4 Å². The van der Waals surface area contributed by atoms with Crippen molar-refractivity contribution in [3.8, 4) is 5.75 Å². The van der Waals surface area contributed by atoms with E-state index >= 15 is 0 Å². The molecule has 0 aliphatic heterocycles. The minimum atomic E-state index is -1.72. The van der Waals surface area contributed by atoms with Crippen LogP contribution in [-0.2, 0) is 10.4 Å². The van der Waals surface area contributed by atoms with E-state index in [4.69, 9.17) is 9.15 Å². The Labute approximate surface area is 161 Å². The lowest BCUT2D eigenvalue weighted by Crippen LogP contribution is -2.37. The van der Waals surface area contributed by atoms with E-state index in [2.05, 4.69) is 10.6 Å². The topological polar surface area (TPSA) is 101 Å². The molecule has 28 heavy (non-hydrogen) atoms. The third-order valence-electron chi connectivity index (χ3n) is 4.23. The summed E-state index contributed by atoms with van der Waals surface area (Å²) in [6.07, 6.45) is 1.40. The van der Waals surface area contributed by atoms with Crippen molar-refractivity contribution in [3.05, 3.63) is 78.3 Å². The molecule has 1 atom stereocenters. The van der Waals surface area contributed by atoms with Gasteiger partial charge in [-0.15, -0.1) is 0 Å². The average molecular weight is 380 g/mol. The molecule has 2 amide bonds. The van der Waals surface area contributed by atoms with Crippen molar-refractivity contribution in [3.63, 3.8) is 0 Å². The maximum atomic E-state index is 12.6. The minimum absolute atomic E-state index is 0.142. The third-order valence-corrected chi connectivity index (χ3v) is 4.23. The van der Waals surface area contributed by atoms with Crippen LogP contribution < -0.4 is 15.4 Å². The van der Waals surface area contributed by atoms with Crippen molar-refractivity contribution in [2.24, 2.45) is 0 Å². The van der Waals surface area contributed by atoms with Gasteiger partial charge in [-0.05, 0) is 42.8 Å². The van der Waals surface area contributed by atoms with E-state index in [1.54, 1.807) is 54.6 Å². The summed E-state index contributed by atoms with van der Waals surface area (Å²) in [5.41, 5.74) is -0.524. The lowest BCUT2D eigenvalue weighted by molar-refractivity contribution is -0.133. The predicted octanol–water partition coefficient (Wildman–Crippen LogP) is 3.39. The fourth-order valence-electron chi connectivity index (χ4n) is 2.62. The molecule has 0 aliphatic rings. The van der Waals surface area contributed by atoms with Gasteiger partial charge in [-0.3, -0.25) is 9.59 Å². The molecule has 1 aromatic heterocycles. The van der Waals surface area contributed by atoms with E-state index in [-0.39, 0.29) is 5.76 Å². The van der Waals surface area contributed by atoms with Crippen LogP contribution in [0, 0.1) is 0 Å². The van der Waals surface area contributed by atoms with Crippen LogP contribution in [0.15, 0.2) is 71.3 Å². The number of furan rings is 1. The first-order valence-electron chi connectivity index (χ1n) is 8.54. The van der Waals surface area contributed by atoms with Crippen molar-refractivity contribution in [1.29, 1.82) is 0 Å². The molecule has 0 aliphatic carbocycles. The second-order valence-corrected chi connectivity index (χ2v) is 6.24. The van der Waals surface area contributed by atoms with E-state index in [0.717, 1.165) is 0 Å². The van der Waals surface area contributed by atoms with Crippen LogP contribution in [-0.4, -0.2) is 24.0 Å². The number of hydrogen-bond acceptors (Lipinski definition) is 5. The Kier molecular flexibility index (Phi) is 5.47. The smallest absolute Gasteiger partial charge is 0.291 e. The maximum Gasteiger partial charge on any atom is 0.291 e. The molecule has 3 rings (SSSR count). The summed E-state index contributed by atoms with van der Waals surface area (Å²) in [6.45, 7) is 1.42. The van der Waals surface area contributed by atoms with Gasteiger partial charge in [0.05, 0.1) is 19.1 Å². The Morgan fingerprint density at radius 2 is 1.79 bits per heavy atom. The zero-order valence-corrected chi connectivity index (χ0v) is 15.4. The van der Waals surface area contributed by atoms with Crippen molar-refractivity contribution >= 4 is 23.2 Å². The normalized spacial score (nSPS) is 12.7. The van der Waals surface area contributed by atoms with Gasteiger partial charge in [0, 0.05) is 5.69 Å². The molecule has 0 unspecified atom stereocenters. The summed E-state index contributed by atoms with van der Waals surface area (Å²) in [6, 6.07) is 16.5. The van der Waals surface area contributed by atoms with Crippen molar-refractivity contribution < 1.29 is 23.8 Å². The number of methoxy groups -OCH3 is 1. The number of amides is 2. The highest BCUT2D eigenvalue weighted by molar-refractivity contribution is 6.04. The standard InChI is InChI=1S/C21H20N2O5/c1-21(26,14-7-4-3-5-8-14)20(25)22-15-10-11-17(27-2)16(13-15)23-19(24)18-9-6-12-28-18/h3-13,26H,1-2H3,(H,22,25)(H,23,24)/t21-/m1/s1. The monoisotopic (exact) mass is 380 g/mol. The molecular weight excluding hydrogens is 360 g/mol. The molecule has 2 aromatic carbocycles. The van der Waals surface area contributed by atoms with Gasteiger partial charge in [-0.25, -0.2) is 0 Å². The second kappa shape index (κ2) is 7.98. The number of anilines is 2. The third kappa shape index (κ3) is 4.05. The summed E-state index contributed by atoms with van der Waals surface area (Å²) in [5.74, 6) is -0.508. The van der Waals surface area contributed by atoms with Crippen LogP contribution >= 0.6 is 0 Å². The molecule has 0 spiro atoms. The fraction of sp³-hybridized carbons (Fsp3) is 0.143. The highest BCUT2D eigenvalue weighted by atomic mass is 16.5. The molecule has 0 fully saturated rings. The number of benzene rings is 2. The molecule has 0 radical (unpaired) electrons. The van der Waals surface area contributed by atoms with E-state index in [9.17, 15) is 14.7 Å². The molecule has 1 heterocycles. The van der Waals surface area contributed by atoms with Crippen LogP contribution in [0.2, 0.25) is 0 Å². The molecular formula is C21H20N2O5. The molecule has 3 aromatic rings. The lowest BCUT2D eigenvalue weighted by Gasteiger charge is -2.23. The van der Waals surface area contributed by atoms with Gasteiger partial charge in [0.1, 0.15) is 5.75 Å². The molecule has 3 N–H and O–H groups in total. The molecule has 7 nitrogen and oxygen atoms in total. The van der Waals surface area contributed by atoms with Crippen LogP contribution in [0.1, 0.15) is 23.0 Å². The molecule has 144 valence electrons. The van der Waals surface area contributed by atoms with Crippen LogP contribution in [0.25, 0.3) is 0 Å². The SMILES string of the molecule is COc1ccc(NC(=O)[C@](C)(O)c2ccccc2)cc1NC(=O)c1ccco1. The Hall–Kier alpha value is -3.58. The van der Waals surface area contributed by atoms with Gasteiger partial charge in [0.25, 0.3) is 11.8 Å². The van der Waals surface area contributed by atoms with Crippen molar-refractivity contribution in [2.45, 2.75) is 12.5 Å². The number of hydrogen-bond donors (Lipinski definition) is 3. The van der Waals surface area contributed by atoms with Gasteiger partial charge in [-0.1, -0.05) is 30.3 Å². The summed E-state index contributed by atoms with van der Waals surface area (Å²) in [5, 5.41) is 16.0. The number of carbonyl (C=O) groups excluding carboxylic acids is 2. The Morgan fingerprint density at radius 1 is 1.04 bits per heavy atom. The number of ether oxygens (including phenoxy) is 1. The van der Waals surface area contributed by atoms with E-state index in [1.165, 1.54) is 26.4 Å². The first kappa shape index (κ1) is 19.2. The van der Waals surface area contributed by atoms with Crippen molar-refractivity contribution in [1.82, 2.24) is 0 Å². The first-order chi connectivity index (χ1) is 13.4. The van der Waals surface area contributed by atoms with Crippen LogP contribution in [0.3, 0.4) is 0 Å². The van der Waals surface area contributed by atoms with Gasteiger partial charge in [0.15, 0.2) is 11.4 Å².